The molecule has 0 atom stereocenters. The molecule has 0 amide bonds. The van der Waals surface area contributed by atoms with E-state index in [1.54, 1.807) is 0 Å². The van der Waals surface area contributed by atoms with E-state index in [1.807, 2.05) is 6.92 Å². The van der Waals surface area contributed by atoms with Crippen LogP contribution in [-0.4, -0.2) is 7.11 Å². The summed E-state index contributed by atoms with van der Waals surface area (Å²) >= 11 is 0. The van der Waals surface area contributed by atoms with E-state index >= 15 is 0 Å². The Labute approximate surface area is 64.6 Å². The lowest BCUT2D eigenvalue weighted by Crippen LogP contribution is -2.04. The van der Waals surface area contributed by atoms with Gasteiger partial charge in [-0.15, -0.1) is 0 Å². The molecule has 3 heteroatoms. The van der Waals surface area contributed by atoms with Gasteiger partial charge >= 0.3 is 0 Å². The fraction of sp³-hybridized carbons (Fsp3) is 0.375. The van der Waals surface area contributed by atoms with Gasteiger partial charge in [-0.05, 0) is 0 Å². The minimum Gasteiger partial charge on any atom is -0.490 e. The minimum absolute atomic E-state index is 0.129. The lowest BCUT2D eigenvalue weighted by Gasteiger charge is -1.97. The summed E-state index contributed by atoms with van der Waals surface area (Å²) in [5, 5.41) is 0. The molecule has 0 saturated heterocycles. The summed E-state index contributed by atoms with van der Waals surface area (Å²) < 4.78 is 9.79. The third kappa shape index (κ3) is 1.61. The Hall–Kier alpha value is -1.25. The smallest absolute Gasteiger partial charge is 0.226 e. The Kier molecular flexibility index (Phi) is 2.31. The third-order valence-corrected chi connectivity index (χ3v) is 1.42. The van der Waals surface area contributed by atoms with Gasteiger partial charge in [-0.25, -0.2) is 0 Å². The summed E-state index contributed by atoms with van der Waals surface area (Å²) in [6.45, 7) is 1.92. The van der Waals surface area contributed by atoms with Crippen LogP contribution in [0.4, 0.5) is 0 Å². The van der Waals surface area contributed by atoms with E-state index in [1.165, 1.54) is 19.4 Å². The van der Waals surface area contributed by atoms with Gasteiger partial charge < -0.3 is 9.15 Å². The second-order valence-electron chi connectivity index (χ2n) is 2.13. The van der Waals surface area contributed by atoms with Crippen LogP contribution in [0.15, 0.2) is 21.5 Å². The highest BCUT2D eigenvalue weighted by molar-refractivity contribution is 5.17. The van der Waals surface area contributed by atoms with Crippen molar-refractivity contribution in [3.63, 3.8) is 0 Å². The molecular formula is C8H10O3. The Bertz CT molecular complexity index is 288. The van der Waals surface area contributed by atoms with Gasteiger partial charge in [0.2, 0.25) is 11.2 Å². The van der Waals surface area contributed by atoms with Crippen molar-refractivity contribution in [3.8, 4) is 5.75 Å². The second-order valence-corrected chi connectivity index (χ2v) is 2.13. The summed E-state index contributed by atoms with van der Waals surface area (Å²) in [6, 6.07) is 1.44. The summed E-state index contributed by atoms with van der Waals surface area (Å²) in [4.78, 5) is 11.0. The molecule has 60 valence electrons. The van der Waals surface area contributed by atoms with Crippen molar-refractivity contribution in [2.24, 2.45) is 0 Å². The van der Waals surface area contributed by atoms with Gasteiger partial charge in [-0.3, -0.25) is 4.79 Å². The first-order valence-electron chi connectivity index (χ1n) is 3.43. The average molecular weight is 154 g/mol. The molecule has 1 aromatic heterocycles. The zero-order chi connectivity index (χ0) is 8.27. The molecular weight excluding hydrogens is 144 g/mol. The van der Waals surface area contributed by atoms with Crippen LogP contribution in [0.5, 0.6) is 5.75 Å². The molecule has 0 fully saturated rings. The first-order valence-corrected chi connectivity index (χ1v) is 3.43. The molecule has 0 radical (unpaired) electrons. The first kappa shape index (κ1) is 7.85. The van der Waals surface area contributed by atoms with Gasteiger partial charge in [0.1, 0.15) is 12.0 Å². The zero-order valence-corrected chi connectivity index (χ0v) is 6.59. The average Bonchev–Trinajstić information content (AvgIpc) is 2.04. The lowest BCUT2D eigenvalue weighted by molar-refractivity contribution is 0.379. The maximum absolute atomic E-state index is 11.0. The van der Waals surface area contributed by atoms with E-state index in [2.05, 4.69) is 0 Å². The molecule has 1 heterocycles. The van der Waals surface area contributed by atoms with E-state index in [-0.39, 0.29) is 11.2 Å². The summed E-state index contributed by atoms with van der Waals surface area (Å²) in [5.74, 6) is 0.929. The van der Waals surface area contributed by atoms with Gasteiger partial charge in [-0.2, -0.15) is 0 Å². The van der Waals surface area contributed by atoms with Crippen LogP contribution < -0.4 is 10.2 Å². The number of methoxy groups -OCH3 is 1. The first-order chi connectivity index (χ1) is 5.27. The Morgan fingerprint density at radius 3 is 2.82 bits per heavy atom. The molecule has 1 aromatic rings. The van der Waals surface area contributed by atoms with E-state index in [9.17, 15) is 4.79 Å². The van der Waals surface area contributed by atoms with Gasteiger partial charge in [0, 0.05) is 12.5 Å². The van der Waals surface area contributed by atoms with E-state index in [0.717, 1.165) is 6.42 Å². The highest BCUT2D eigenvalue weighted by Gasteiger charge is 1.99. The van der Waals surface area contributed by atoms with Gasteiger partial charge in [0.25, 0.3) is 0 Å². The SMILES string of the molecule is CCc1cc(=O)c(OC)co1. The van der Waals surface area contributed by atoms with Crippen LogP contribution in [0.25, 0.3) is 0 Å². The van der Waals surface area contributed by atoms with Crippen molar-refractivity contribution in [1.29, 1.82) is 0 Å². The summed E-state index contributed by atoms with van der Waals surface area (Å²) in [7, 11) is 1.44. The Balaban J connectivity index is 3.10. The van der Waals surface area contributed by atoms with Crippen LogP contribution >= 0.6 is 0 Å². The molecule has 1 rings (SSSR count). The van der Waals surface area contributed by atoms with Crippen molar-refractivity contribution in [2.75, 3.05) is 7.11 Å². The van der Waals surface area contributed by atoms with Crippen LogP contribution in [-0.2, 0) is 6.42 Å². The minimum atomic E-state index is -0.129. The van der Waals surface area contributed by atoms with Crippen LogP contribution in [0.3, 0.4) is 0 Å². The Morgan fingerprint density at radius 1 is 1.64 bits per heavy atom. The van der Waals surface area contributed by atoms with E-state index < -0.39 is 0 Å². The largest absolute Gasteiger partial charge is 0.490 e. The number of rotatable bonds is 2. The molecule has 0 spiro atoms. The number of hydrogen-bond donors (Lipinski definition) is 0. The standard InChI is InChI=1S/C8H10O3/c1-3-6-4-7(9)8(10-2)5-11-6/h4-5H,3H2,1-2H3. The molecule has 0 aliphatic carbocycles. The fourth-order valence-electron chi connectivity index (χ4n) is 0.773. The van der Waals surface area contributed by atoms with Crippen molar-refractivity contribution in [1.82, 2.24) is 0 Å². The monoisotopic (exact) mass is 154 g/mol. The van der Waals surface area contributed by atoms with Crippen molar-refractivity contribution in [2.45, 2.75) is 13.3 Å². The molecule has 11 heavy (non-hydrogen) atoms. The maximum atomic E-state index is 11.0. The topological polar surface area (TPSA) is 39.4 Å². The predicted molar refractivity (Wildman–Crippen MR) is 40.9 cm³/mol. The molecule has 0 N–H and O–H groups in total. The summed E-state index contributed by atoms with van der Waals surface area (Å²) in [5.41, 5.74) is -0.129. The third-order valence-electron chi connectivity index (χ3n) is 1.42. The predicted octanol–water partition coefficient (Wildman–Crippen LogP) is 1.21. The fourth-order valence-corrected chi connectivity index (χ4v) is 0.773. The van der Waals surface area contributed by atoms with Crippen molar-refractivity contribution in [3.05, 3.63) is 28.3 Å². The van der Waals surface area contributed by atoms with Crippen molar-refractivity contribution < 1.29 is 9.15 Å². The maximum Gasteiger partial charge on any atom is 0.226 e. The molecule has 0 saturated carbocycles. The van der Waals surface area contributed by atoms with E-state index in [4.69, 9.17) is 9.15 Å². The lowest BCUT2D eigenvalue weighted by atomic mass is 10.3. The molecule has 0 aromatic carbocycles. The molecule has 0 aliphatic heterocycles. The second kappa shape index (κ2) is 3.23. The molecule has 3 nitrogen and oxygen atoms in total. The van der Waals surface area contributed by atoms with Gasteiger partial charge in [0.05, 0.1) is 7.11 Å². The Morgan fingerprint density at radius 2 is 2.36 bits per heavy atom. The molecule has 0 unspecified atom stereocenters. The number of hydrogen-bond acceptors (Lipinski definition) is 3. The van der Waals surface area contributed by atoms with Crippen LogP contribution in [0.2, 0.25) is 0 Å². The zero-order valence-electron chi connectivity index (χ0n) is 6.59. The van der Waals surface area contributed by atoms with Crippen LogP contribution in [0, 0.1) is 0 Å². The van der Waals surface area contributed by atoms with Crippen LogP contribution in [0.1, 0.15) is 12.7 Å². The highest BCUT2D eigenvalue weighted by atomic mass is 16.5. The van der Waals surface area contributed by atoms with Gasteiger partial charge in [0.15, 0.2) is 0 Å². The normalized spacial score (nSPS) is 9.64. The van der Waals surface area contributed by atoms with E-state index in [0.29, 0.717) is 5.76 Å². The van der Waals surface area contributed by atoms with Gasteiger partial charge in [-0.1, -0.05) is 6.92 Å². The highest BCUT2D eigenvalue weighted by Crippen LogP contribution is 2.04. The summed E-state index contributed by atoms with van der Waals surface area (Å²) in [6.07, 6.45) is 2.06. The number of aryl methyl sites for hydroxylation is 1. The quantitative estimate of drug-likeness (QED) is 0.642. The number of ether oxygens (including phenoxy) is 1. The molecule has 0 aliphatic rings. The molecule has 0 bridgehead atoms. The van der Waals surface area contributed by atoms with Crippen molar-refractivity contribution >= 4 is 0 Å².